The van der Waals surface area contributed by atoms with Gasteiger partial charge in [-0.1, -0.05) is 12.1 Å². The Bertz CT molecular complexity index is 1010. The lowest BCUT2D eigenvalue weighted by Crippen LogP contribution is -2.53. The number of piperazine rings is 1. The van der Waals surface area contributed by atoms with Crippen molar-refractivity contribution in [1.82, 2.24) is 14.8 Å². The maximum absolute atomic E-state index is 12.7. The summed E-state index contributed by atoms with van der Waals surface area (Å²) < 4.78 is 0. The van der Waals surface area contributed by atoms with Crippen LogP contribution < -0.4 is 10.6 Å². The average molecular weight is 497 g/mol. The van der Waals surface area contributed by atoms with Gasteiger partial charge in [-0.25, -0.2) is 4.98 Å². The Morgan fingerprint density at radius 3 is 2.47 bits per heavy atom. The monoisotopic (exact) mass is 496 g/mol. The van der Waals surface area contributed by atoms with Gasteiger partial charge in [-0.15, -0.1) is 23.1 Å². The lowest BCUT2D eigenvalue weighted by Gasteiger charge is -2.42. The van der Waals surface area contributed by atoms with Crippen molar-refractivity contribution in [2.24, 2.45) is 11.7 Å². The Balaban J connectivity index is 1.10. The molecule has 1 amide bonds. The second-order valence-corrected chi connectivity index (χ2v) is 11.4. The number of anilines is 1. The Hall–Kier alpha value is -2.12. The highest BCUT2D eigenvalue weighted by Gasteiger charge is 2.35. The van der Waals surface area contributed by atoms with E-state index in [0.717, 1.165) is 86.4 Å². The Kier molecular flexibility index (Phi) is 7.40. The molecule has 2 N–H and O–H groups in total. The van der Waals surface area contributed by atoms with Crippen molar-refractivity contribution in [2.75, 3.05) is 49.3 Å². The van der Waals surface area contributed by atoms with Gasteiger partial charge in [0.2, 0.25) is 5.91 Å². The van der Waals surface area contributed by atoms with Crippen LogP contribution in [0.25, 0.3) is 11.3 Å². The zero-order valence-electron chi connectivity index (χ0n) is 19.4. The fourth-order valence-corrected chi connectivity index (χ4v) is 7.21. The van der Waals surface area contributed by atoms with Crippen molar-refractivity contribution in [2.45, 2.75) is 37.8 Å². The molecule has 1 aromatic heterocycles. The molecule has 1 atom stereocenters. The first kappa shape index (κ1) is 23.6. The highest BCUT2D eigenvalue weighted by Crippen LogP contribution is 2.32. The van der Waals surface area contributed by atoms with E-state index in [1.807, 2.05) is 40.9 Å². The third kappa shape index (κ3) is 5.10. The standard InChI is InChI=1S/C25H32N6OS2/c26-15-18-1-3-19(4-2-18)22-16-34-25(28-22)30-11-9-29(10-12-30)21-7-5-20(6-8-21)23(27)24(32)31-13-14-33-17-31/h1-4,16,20-21,23H,5-14,17,27H2/t20?,21?,23-/m0/s1. The minimum Gasteiger partial charge on any atom is -0.346 e. The summed E-state index contributed by atoms with van der Waals surface area (Å²) in [5.74, 6) is 2.33. The molecule has 3 heterocycles. The molecule has 5 rings (SSSR count). The smallest absolute Gasteiger partial charge is 0.240 e. The number of benzene rings is 1. The highest BCUT2D eigenvalue weighted by molar-refractivity contribution is 7.99. The summed E-state index contributed by atoms with van der Waals surface area (Å²) in [4.78, 5) is 24.5. The number of thiazole rings is 1. The van der Waals surface area contributed by atoms with Crippen LogP contribution in [-0.2, 0) is 4.79 Å². The first-order valence-electron chi connectivity index (χ1n) is 12.2. The van der Waals surface area contributed by atoms with Crippen LogP contribution in [0.3, 0.4) is 0 Å². The molecule has 1 aliphatic carbocycles. The summed E-state index contributed by atoms with van der Waals surface area (Å²) in [6, 6.07) is 10.1. The Morgan fingerprint density at radius 2 is 1.82 bits per heavy atom. The molecular weight excluding hydrogens is 464 g/mol. The van der Waals surface area contributed by atoms with Crippen molar-refractivity contribution in [3.8, 4) is 17.3 Å². The zero-order valence-corrected chi connectivity index (χ0v) is 21.1. The van der Waals surface area contributed by atoms with E-state index in [0.29, 0.717) is 17.5 Å². The van der Waals surface area contributed by atoms with E-state index in [1.165, 1.54) is 0 Å². The maximum Gasteiger partial charge on any atom is 0.240 e. The second-order valence-electron chi connectivity index (χ2n) is 9.46. The van der Waals surface area contributed by atoms with Crippen molar-refractivity contribution >= 4 is 34.1 Å². The SMILES string of the molecule is N#Cc1ccc(-c2csc(N3CCN(C4CCC([C@H](N)C(=O)N5CCSC5)CC4)CC3)n2)cc1. The molecule has 0 bridgehead atoms. The van der Waals surface area contributed by atoms with Gasteiger partial charge in [-0.3, -0.25) is 9.69 Å². The number of hydrogen-bond acceptors (Lipinski definition) is 8. The van der Waals surface area contributed by atoms with E-state index in [4.69, 9.17) is 16.0 Å². The summed E-state index contributed by atoms with van der Waals surface area (Å²) >= 11 is 3.51. The molecule has 180 valence electrons. The molecule has 1 saturated carbocycles. The predicted octanol–water partition coefficient (Wildman–Crippen LogP) is 3.22. The van der Waals surface area contributed by atoms with Gasteiger partial charge in [0.25, 0.3) is 0 Å². The van der Waals surface area contributed by atoms with Gasteiger partial charge in [0.1, 0.15) is 0 Å². The van der Waals surface area contributed by atoms with Crippen molar-refractivity contribution in [1.29, 1.82) is 5.26 Å². The fraction of sp³-hybridized carbons (Fsp3) is 0.560. The van der Waals surface area contributed by atoms with Gasteiger partial charge in [0.15, 0.2) is 5.13 Å². The van der Waals surface area contributed by atoms with Crippen LogP contribution in [0.1, 0.15) is 31.2 Å². The van der Waals surface area contributed by atoms with Crippen molar-refractivity contribution in [3.05, 3.63) is 35.2 Å². The van der Waals surface area contributed by atoms with E-state index >= 15 is 0 Å². The van der Waals surface area contributed by atoms with Crippen molar-refractivity contribution in [3.63, 3.8) is 0 Å². The number of rotatable bonds is 5. The van der Waals surface area contributed by atoms with E-state index in [-0.39, 0.29) is 11.9 Å². The van der Waals surface area contributed by atoms with Crippen LogP contribution in [0, 0.1) is 17.2 Å². The Morgan fingerprint density at radius 1 is 1.09 bits per heavy atom. The van der Waals surface area contributed by atoms with Gasteiger partial charge in [-0.05, 0) is 43.7 Å². The number of carbonyl (C=O) groups is 1. The quantitative estimate of drug-likeness (QED) is 0.680. The highest BCUT2D eigenvalue weighted by atomic mass is 32.2. The van der Waals surface area contributed by atoms with Crippen LogP contribution in [-0.4, -0.2) is 77.1 Å². The normalized spacial score (nSPS) is 24.7. The first-order chi connectivity index (χ1) is 16.6. The molecule has 2 aromatic rings. The minimum atomic E-state index is -0.327. The molecule has 7 nitrogen and oxygen atoms in total. The molecule has 2 aliphatic heterocycles. The number of aromatic nitrogens is 1. The van der Waals surface area contributed by atoms with Gasteiger partial charge in [-0.2, -0.15) is 5.26 Å². The molecule has 0 spiro atoms. The number of nitrogens with two attached hydrogens (primary N) is 1. The average Bonchev–Trinajstić information content (AvgIpc) is 3.61. The number of amides is 1. The molecule has 0 unspecified atom stereocenters. The molecule has 2 saturated heterocycles. The Labute approximate surface area is 209 Å². The summed E-state index contributed by atoms with van der Waals surface area (Å²) in [6.07, 6.45) is 4.39. The third-order valence-electron chi connectivity index (χ3n) is 7.50. The first-order valence-corrected chi connectivity index (χ1v) is 14.2. The number of nitrogens with zero attached hydrogens (tertiary/aromatic N) is 5. The van der Waals surface area contributed by atoms with E-state index < -0.39 is 0 Å². The fourth-order valence-electron chi connectivity index (χ4n) is 5.36. The second kappa shape index (κ2) is 10.6. The van der Waals surface area contributed by atoms with Crippen LogP contribution in [0.2, 0.25) is 0 Å². The van der Waals surface area contributed by atoms with Gasteiger partial charge in [0, 0.05) is 55.5 Å². The molecule has 0 radical (unpaired) electrons. The van der Waals surface area contributed by atoms with Crippen LogP contribution >= 0.6 is 23.1 Å². The van der Waals surface area contributed by atoms with E-state index in [9.17, 15) is 4.79 Å². The molecular formula is C25H32N6OS2. The van der Waals surface area contributed by atoms with Crippen molar-refractivity contribution < 1.29 is 4.79 Å². The number of carbonyl (C=O) groups excluding carboxylic acids is 1. The molecule has 3 aliphatic rings. The van der Waals surface area contributed by atoms with Crippen LogP contribution in [0.4, 0.5) is 5.13 Å². The zero-order chi connectivity index (χ0) is 23.5. The topological polar surface area (TPSA) is 89.5 Å². The lowest BCUT2D eigenvalue weighted by atomic mass is 9.80. The molecule has 34 heavy (non-hydrogen) atoms. The molecule has 9 heteroatoms. The predicted molar refractivity (Wildman–Crippen MR) is 139 cm³/mol. The summed E-state index contributed by atoms with van der Waals surface area (Å²) in [6.45, 7) is 4.94. The number of thioether (sulfide) groups is 1. The van der Waals surface area contributed by atoms with Gasteiger partial charge >= 0.3 is 0 Å². The van der Waals surface area contributed by atoms with E-state index in [2.05, 4.69) is 21.2 Å². The third-order valence-corrected chi connectivity index (χ3v) is 9.37. The molecule has 3 fully saturated rings. The van der Waals surface area contributed by atoms with Crippen LogP contribution in [0.5, 0.6) is 0 Å². The van der Waals surface area contributed by atoms with Gasteiger partial charge in [0.05, 0.1) is 29.2 Å². The largest absolute Gasteiger partial charge is 0.346 e. The number of nitriles is 1. The van der Waals surface area contributed by atoms with Crippen LogP contribution in [0.15, 0.2) is 29.6 Å². The summed E-state index contributed by atoms with van der Waals surface area (Å²) in [5.41, 5.74) is 9.09. The maximum atomic E-state index is 12.7. The summed E-state index contributed by atoms with van der Waals surface area (Å²) in [5, 5.41) is 12.2. The van der Waals surface area contributed by atoms with E-state index in [1.54, 1.807) is 11.3 Å². The molecule has 1 aromatic carbocycles. The summed E-state index contributed by atoms with van der Waals surface area (Å²) in [7, 11) is 0. The lowest BCUT2D eigenvalue weighted by molar-refractivity contribution is -0.132. The number of hydrogen-bond donors (Lipinski definition) is 1. The minimum absolute atomic E-state index is 0.158. The van der Waals surface area contributed by atoms with Gasteiger partial charge < -0.3 is 15.5 Å².